The van der Waals surface area contributed by atoms with Crippen molar-refractivity contribution in [2.24, 2.45) is 22.7 Å². The van der Waals surface area contributed by atoms with Gasteiger partial charge in [0.2, 0.25) is 0 Å². The number of nitrogens with zero attached hydrogens (tertiary/aromatic N) is 2. The molecule has 58 heavy (non-hydrogen) atoms. The number of aromatic nitrogens is 1. The van der Waals surface area contributed by atoms with Gasteiger partial charge in [0.1, 0.15) is 0 Å². The second kappa shape index (κ2) is 14.6. The van der Waals surface area contributed by atoms with E-state index in [4.69, 9.17) is 4.99 Å². The molecule has 1 saturated carbocycles. The van der Waals surface area contributed by atoms with Crippen LogP contribution in [0.2, 0.25) is 0 Å². The number of aliphatic imine (C=N–C) groups is 1. The van der Waals surface area contributed by atoms with Gasteiger partial charge in [0.15, 0.2) is 0 Å². The molecule has 0 saturated heterocycles. The van der Waals surface area contributed by atoms with E-state index in [0.717, 1.165) is 43.4 Å². The van der Waals surface area contributed by atoms with Gasteiger partial charge in [0, 0.05) is 28.3 Å². The normalized spacial score (nSPS) is 22.4. The van der Waals surface area contributed by atoms with E-state index in [1.54, 1.807) is 22.3 Å². The van der Waals surface area contributed by atoms with Crippen LogP contribution in [-0.2, 0) is 13.0 Å². The number of allylic oxidation sites excluding steroid dienone is 13. The van der Waals surface area contributed by atoms with Crippen molar-refractivity contribution in [2.75, 3.05) is 0 Å². The molecule has 0 radical (unpaired) electrons. The number of fused-ring (bicyclic) bond motifs is 8. The highest BCUT2D eigenvalue weighted by Gasteiger charge is 2.42. The Kier molecular flexibility index (Phi) is 8.80. The zero-order valence-electron chi connectivity index (χ0n) is 33.2. The molecule has 1 heterocycles. The van der Waals surface area contributed by atoms with Gasteiger partial charge in [-0.15, -0.1) is 0 Å². The summed E-state index contributed by atoms with van der Waals surface area (Å²) in [5.41, 5.74) is 19.1. The van der Waals surface area contributed by atoms with Crippen LogP contribution in [0.25, 0.3) is 39.2 Å². The molecule has 0 bridgehead atoms. The molecule has 5 aliphatic rings. The molecule has 1 fully saturated rings. The van der Waals surface area contributed by atoms with Crippen LogP contribution in [0.4, 0.5) is 0 Å². The fourth-order valence-electron chi connectivity index (χ4n) is 10.8. The van der Waals surface area contributed by atoms with Gasteiger partial charge in [-0.2, -0.15) is 0 Å². The lowest BCUT2D eigenvalue weighted by atomic mass is 9.62. The summed E-state index contributed by atoms with van der Waals surface area (Å²) in [7, 11) is 0. The van der Waals surface area contributed by atoms with E-state index in [9.17, 15) is 0 Å². The van der Waals surface area contributed by atoms with Crippen LogP contribution in [0.5, 0.6) is 0 Å². The Balaban J connectivity index is 0.937. The summed E-state index contributed by atoms with van der Waals surface area (Å²) >= 11 is 0. The first-order valence-electron chi connectivity index (χ1n) is 21.3. The van der Waals surface area contributed by atoms with Crippen molar-refractivity contribution in [2.45, 2.75) is 51.5 Å². The second-order valence-electron chi connectivity index (χ2n) is 16.9. The Morgan fingerprint density at radius 3 is 2.31 bits per heavy atom. The van der Waals surface area contributed by atoms with Gasteiger partial charge < -0.3 is 4.57 Å². The minimum absolute atomic E-state index is 0.397. The van der Waals surface area contributed by atoms with Gasteiger partial charge in [-0.25, -0.2) is 0 Å². The monoisotopic (exact) mass is 748 g/mol. The summed E-state index contributed by atoms with van der Waals surface area (Å²) in [4.78, 5) is 5.17. The summed E-state index contributed by atoms with van der Waals surface area (Å²) in [5.74, 6) is 1.96. The molecule has 0 amide bonds. The minimum atomic E-state index is 0.397. The molecule has 0 spiro atoms. The van der Waals surface area contributed by atoms with Crippen LogP contribution >= 0.6 is 0 Å². The molecular formula is C56H48N2. The highest BCUT2D eigenvalue weighted by atomic mass is 15.0. The quantitative estimate of drug-likeness (QED) is 0.114. The third kappa shape index (κ3) is 6.05. The predicted octanol–water partition coefficient (Wildman–Crippen LogP) is 13.9. The summed E-state index contributed by atoms with van der Waals surface area (Å²) in [5, 5.41) is 2.66. The summed E-state index contributed by atoms with van der Waals surface area (Å²) in [6.45, 7) is 2.93. The first-order valence-corrected chi connectivity index (χ1v) is 21.3. The average Bonchev–Trinajstić information content (AvgIpc) is 3.91. The first-order chi connectivity index (χ1) is 28.7. The molecule has 6 aromatic rings. The predicted molar refractivity (Wildman–Crippen MR) is 245 cm³/mol. The van der Waals surface area contributed by atoms with Gasteiger partial charge in [0.05, 0.1) is 23.3 Å². The molecule has 5 aliphatic carbocycles. The standard InChI is InChI=1S/C56H48N2/c1-37(31-54(39-17-6-3-7-18-39)57-36-38-15-4-2-5-16-38)44-29-30-49(46-20-9-8-19-45(44)46)53-35-42-32-40-27-28-43(33-41(40)34-52(42)47-23-14-24-48(47)53)58-55-25-12-10-21-50(55)51-22-11-13-26-56(51)58/h2-8,10-19,21-23,25-32,34,41,47-48,53H,9,20,24,33,35-36H2,1H3/b37-31+,57-54?. The molecule has 282 valence electrons. The zero-order valence-corrected chi connectivity index (χ0v) is 33.2. The van der Waals surface area contributed by atoms with E-state index < -0.39 is 0 Å². The molecule has 11 rings (SSSR count). The van der Waals surface area contributed by atoms with Crippen LogP contribution in [0.15, 0.2) is 192 Å². The highest BCUT2D eigenvalue weighted by molar-refractivity contribution is 6.12. The molecular weight excluding hydrogens is 701 g/mol. The number of benzene rings is 5. The number of hydrogen-bond acceptors (Lipinski definition) is 1. The lowest BCUT2D eigenvalue weighted by Crippen LogP contribution is -2.30. The van der Waals surface area contributed by atoms with Crippen molar-refractivity contribution in [3.05, 3.63) is 220 Å². The Hall–Kier alpha value is -6.25. The second-order valence-corrected chi connectivity index (χ2v) is 16.9. The third-order valence-electron chi connectivity index (χ3n) is 13.6. The topological polar surface area (TPSA) is 17.3 Å². The summed E-state index contributed by atoms with van der Waals surface area (Å²) < 4.78 is 2.52. The van der Waals surface area contributed by atoms with Crippen LogP contribution < -0.4 is 0 Å². The Morgan fingerprint density at radius 2 is 1.52 bits per heavy atom. The molecule has 4 atom stereocenters. The lowest BCUT2D eigenvalue weighted by molar-refractivity contribution is 0.348. The molecule has 0 aliphatic heterocycles. The summed E-state index contributed by atoms with van der Waals surface area (Å²) in [6.07, 6.45) is 27.7. The van der Waals surface area contributed by atoms with E-state index in [-0.39, 0.29) is 0 Å². The maximum Gasteiger partial charge on any atom is 0.0653 e. The molecule has 5 aromatic carbocycles. The van der Waals surface area contributed by atoms with Gasteiger partial charge >= 0.3 is 0 Å². The molecule has 1 aromatic heterocycles. The SMILES string of the molecule is C/C(=C\C(=NCc1ccccc1)c1ccccc1)c1ccc(C2CC3=CC4=CC=C(n5c6ccccc6c6ccccc65)CC4C=C3C3C=CCC32)c2c1C=CCC2. The fourth-order valence-corrected chi connectivity index (χ4v) is 10.8. The van der Waals surface area contributed by atoms with Crippen molar-refractivity contribution in [1.29, 1.82) is 0 Å². The van der Waals surface area contributed by atoms with Gasteiger partial charge in [-0.1, -0.05) is 152 Å². The third-order valence-corrected chi connectivity index (χ3v) is 13.6. The Morgan fingerprint density at radius 1 is 0.776 bits per heavy atom. The smallest absolute Gasteiger partial charge is 0.0653 e. The average molecular weight is 749 g/mol. The van der Waals surface area contributed by atoms with E-state index in [1.807, 2.05) is 0 Å². The number of hydrogen-bond donors (Lipinski definition) is 0. The molecule has 2 nitrogen and oxygen atoms in total. The van der Waals surface area contributed by atoms with Crippen LogP contribution in [0.1, 0.15) is 71.9 Å². The van der Waals surface area contributed by atoms with E-state index in [0.29, 0.717) is 30.2 Å². The van der Waals surface area contributed by atoms with Crippen LogP contribution in [0, 0.1) is 17.8 Å². The summed E-state index contributed by atoms with van der Waals surface area (Å²) in [6, 6.07) is 43.9. The maximum atomic E-state index is 5.17. The van der Waals surface area contributed by atoms with Gasteiger partial charge in [0.25, 0.3) is 0 Å². The van der Waals surface area contributed by atoms with Crippen LogP contribution in [0.3, 0.4) is 0 Å². The fraction of sp³-hybridized carbons (Fsp3) is 0.196. The molecule has 2 heteroatoms. The molecule has 4 unspecified atom stereocenters. The van der Waals surface area contributed by atoms with Crippen molar-refractivity contribution in [3.8, 4) is 0 Å². The molecule has 0 N–H and O–H groups in total. The van der Waals surface area contributed by atoms with Gasteiger partial charge in [-0.3, -0.25) is 4.99 Å². The maximum absolute atomic E-state index is 5.17. The van der Waals surface area contributed by atoms with Crippen molar-refractivity contribution in [3.63, 3.8) is 0 Å². The van der Waals surface area contributed by atoms with E-state index >= 15 is 0 Å². The number of rotatable bonds is 7. The highest BCUT2D eigenvalue weighted by Crippen LogP contribution is 2.55. The minimum Gasteiger partial charge on any atom is -0.313 e. The zero-order chi connectivity index (χ0) is 38.6. The Bertz CT molecular complexity index is 2790. The van der Waals surface area contributed by atoms with Crippen molar-refractivity contribution < 1.29 is 0 Å². The van der Waals surface area contributed by atoms with Crippen molar-refractivity contribution in [1.82, 2.24) is 4.57 Å². The van der Waals surface area contributed by atoms with Crippen LogP contribution in [-0.4, -0.2) is 10.3 Å². The van der Waals surface area contributed by atoms with E-state index in [1.165, 1.54) is 55.3 Å². The largest absolute Gasteiger partial charge is 0.313 e. The first kappa shape index (κ1) is 35.0. The van der Waals surface area contributed by atoms with E-state index in [2.05, 4.69) is 188 Å². The number of para-hydroxylation sites is 2. The van der Waals surface area contributed by atoms with Gasteiger partial charge in [-0.05, 0) is 131 Å². The van der Waals surface area contributed by atoms with Crippen molar-refractivity contribution >= 4 is 44.9 Å². The lowest BCUT2D eigenvalue weighted by Gasteiger charge is -2.42. The Labute approximate surface area is 342 Å².